The molecule has 7 amide bonds. The highest BCUT2D eigenvalue weighted by molar-refractivity contribution is 5.79. The van der Waals surface area contributed by atoms with E-state index in [4.69, 9.17) is 33.5 Å². The fourth-order valence-corrected chi connectivity index (χ4v) is 6.76. The van der Waals surface area contributed by atoms with Crippen LogP contribution in [0.25, 0.3) is 0 Å². The molecule has 0 aromatic carbocycles. The van der Waals surface area contributed by atoms with Crippen molar-refractivity contribution < 1.29 is 67.1 Å². The molecule has 0 unspecified atom stereocenters. The fourth-order valence-electron chi connectivity index (χ4n) is 6.76. The molecule has 1 aliphatic carbocycles. The van der Waals surface area contributed by atoms with Crippen molar-refractivity contribution in [3.8, 4) is 0 Å². The molecule has 0 heterocycles. The van der Waals surface area contributed by atoms with Crippen LogP contribution in [-0.4, -0.2) is 166 Å². The van der Waals surface area contributed by atoms with Gasteiger partial charge in [0, 0.05) is 84.6 Å². The summed E-state index contributed by atoms with van der Waals surface area (Å²) in [5.41, 5.74) is -1.88. The maximum Gasteiger partial charge on any atom is 0.407 e. The Morgan fingerprint density at radius 1 is 0.485 bits per heavy atom. The summed E-state index contributed by atoms with van der Waals surface area (Å²) in [5, 5.41) is 25.6. The number of amides is 7. The van der Waals surface area contributed by atoms with E-state index in [1.807, 2.05) is 0 Å². The molecular formula is C47H87N7O14. The highest BCUT2D eigenvalue weighted by atomic mass is 16.6. The number of ether oxygens (including phenoxy) is 6. The number of nitrogens with zero attached hydrogens (tertiary/aromatic N) is 1. The number of unbranched alkanes of at least 4 members (excludes halogenated alkanes) is 3. The summed E-state index contributed by atoms with van der Waals surface area (Å²) in [4.78, 5) is 90.0. The van der Waals surface area contributed by atoms with E-state index in [0.717, 1.165) is 19.3 Å². The third-order valence-electron chi connectivity index (χ3n) is 9.89. The van der Waals surface area contributed by atoms with Crippen LogP contribution in [0, 0.1) is 5.92 Å². The quantitative estimate of drug-likeness (QED) is 0.0385. The number of hydrogen-bond acceptors (Lipinski definition) is 14. The molecule has 68 heavy (non-hydrogen) atoms. The second-order valence-corrected chi connectivity index (χ2v) is 19.9. The van der Waals surface area contributed by atoms with Crippen LogP contribution in [-0.2, 0) is 47.6 Å². The zero-order valence-corrected chi connectivity index (χ0v) is 42.8. The topological polar surface area (TPSA) is 271 Å². The first-order chi connectivity index (χ1) is 31.9. The molecule has 0 bridgehead atoms. The standard InChI is InChI=1S/C47H87N7O14/c1-45(2,3)66-42(60)51-24-15-21-48-37(56)18-29-63-35-32-34(41(59)54(10)27-13-11-12-14-28-55)33-36(64-30-19-38(57)49-22-16-25-52-43(61)67-46(4,5)6)40(35)65-31-20-39(58)50-23-17-26-53-44(62)68-47(7,8)9/h34-36,40,55H,11-33H2,1-10H3,(H,48,56)(H,49,57)(H,50,58)(H,51,60)(H,52,61)(H,53,62)/t34?,35-,36-,40?/m1/s1. The molecule has 1 saturated carbocycles. The van der Waals surface area contributed by atoms with Crippen LogP contribution in [0.5, 0.6) is 0 Å². The summed E-state index contributed by atoms with van der Waals surface area (Å²) >= 11 is 0. The van der Waals surface area contributed by atoms with Crippen molar-refractivity contribution >= 4 is 41.9 Å². The van der Waals surface area contributed by atoms with Crippen molar-refractivity contribution in [1.82, 2.24) is 36.8 Å². The summed E-state index contributed by atoms with van der Waals surface area (Å²) in [6.45, 7) is 18.3. The van der Waals surface area contributed by atoms with Gasteiger partial charge in [-0.15, -0.1) is 0 Å². The Labute approximate surface area is 404 Å². The Bertz CT molecular complexity index is 1450. The molecule has 1 fully saturated rings. The molecular weight excluding hydrogens is 887 g/mol. The van der Waals surface area contributed by atoms with Crippen molar-refractivity contribution in [1.29, 1.82) is 0 Å². The molecule has 0 aromatic heterocycles. The Morgan fingerprint density at radius 2 is 0.824 bits per heavy atom. The van der Waals surface area contributed by atoms with Gasteiger partial charge in [0.05, 0.1) is 32.0 Å². The number of alkyl carbamates (subject to hydrolysis) is 3. The molecule has 0 aliphatic heterocycles. The average molecular weight is 974 g/mol. The van der Waals surface area contributed by atoms with Gasteiger partial charge in [-0.05, 0) is 107 Å². The molecule has 394 valence electrons. The SMILES string of the molecule is CN(CCCCCCO)C(=O)C1C[C@@H](OCCC(=O)NCCCNC(=O)OC(C)(C)C)C(OCCC(=O)NCCCNC(=O)OC(C)(C)C)[C@H](OCCC(=O)NCCCNC(=O)OC(C)(C)C)C1. The number of aliphatic hydroxyl groups is 1. The Morgan fingerprint density at radius 3 is 1.18 bits per heavy atom. The van der Waals surface area contributed by atoms with E-state index < -0.39 is 59.3 Å². The summed E-state index contributed by atoms with van der Waals surface area (Å²) < 4.78 is 34.7. The monoisotopic (exact) mass is 974 g/mol. The van der Waals surface area contributed by atoms with Gasteiger partial charge in [0.2, 0.25) is 23.6 Å². The number of nitrogens with one attached hydrogen (secondary N) is 6. The van der Waals surface area contributed by atoms with E-state index in [-0.39, 0.29) is 82.2 Å². The predicted octanol–water partition coefficient (Wildman–Crippen LogP) is 3.83. The predicted molar refractivity (Wildman–Crippen MR) is 255 cm³/mol. The maximum absolute atomic E-state index is 13.9. The van der Waals surface area contributed by atoms with Crippen LogP contribution in [0.4, 0.5) is 14.4 Å². The van der Waals surface area contributed by atoms with E-state index in [1.165, 1.54) is 0 Å². The maximum atomic E-state index is 13.9. The second-order valence-electron chi connectivity index (χ2n) is 19.9. The first kappa shape index (κ1) is 61.5. The van der Waals surface area contributed by atoms with Crippen LogP contribution in [0.15, 0.2) is 0 Å². The van der Waals surface area contributed by atoms with E-state index in [1.54, 1.807) is 74.3 Å². The van der Waals surface area contributed by atoms with Gasteiger partial charge in [-0.3, -0.25) is 19.2 Å². The third kappa shape index (κ3) is 32.3. The van der Waals surface area contributed by atoms with Crippen LogP contribution >= 0.6 is 0 Å². The van der Waals surface area contributed by atoms with Gasteiger partial charge in [0.15, 0.2) is 0 Å². The normalized spacial score (nSPS) is 17.3. The minimum absolute atomic E-state index is 0.000744. The lowest BCUT2D eigenvalue weighted by atomic mass is 9.82. The molecule has 0 radical (unpaired) electrons. The fraction of sp³-hybridized carbons (Fsp3) is 0.851. The zero-order valence-electron chi connectivity index (χ0n) is 42.8. The molecule has 0 spiro atoms. The van der Waals surface area contributed by atoms with Gasteiger partial charge < -0.3 is 70.3 Å². The molecule has 0 saturated heterocycles. The summed E-state index contributed by atoms with van der Waals surface area (Å²) in [5.74, 6) is -1.48. The van der Waals surface area contributed by atoms with Gasteiger partial charge in [-0.2, -0.15) is 0 Å². The van der Waals surface area contributed by atoms with E-state index in [0.29, 0.717) is 71.5 Å². The van der Waals surface area contributed by atoms with Crippen molar-refractivity contribution in [3.63, 3.8) is 0 Å². The number of aliphatic hydroxyl groups excluding tert-OH is 1. The van der Waals surface area contributed by atoms with Crippen molar-refractivity contribution in [3.05, 3.63) is 0 Å². The lowest BCUT2D eigenvalue weighted by Gasteiger charge is -2.41. The Kier molecular flexibility index (Phi) is 30.0. The number of carbonyl (C=O) groups excluding carboxylic acids is 7. The highest BCUT2D eigenvalue weighted by Gasteiger charge is 2.43. The summed E-state index contributed by atoms with van der Waals surface area (Å²) in [6, 6.07) is 0. The third-order valence-corrected chi connectivity index (χ3v) is 9.89. The molecule has 21 heteroatoms. The van der Waals surface area contributed by atoms with E-state index in [2.05, 4.69) is 31.9 Å². The molecule has 1 rings (SSSR count). The molecule has 1 aliphatic rings. The number of carbonyl (C=O) groups is 7. The summed E-state index contributed by atoms with van der Waals surface area (Å²) in [7, 11) is 1.75. The Balaban J connectivity index is 3.03. The van der Waals surface area contributed by atoms with Gasteiger partial charge in [0.1, 0.15) is 22.9 Å². The van der Waals surface area contributed by atoms with Gasteiger partial charge in [-0.1, -0.05) is 12.8 Å². The minimum Gasteiger partial charge on any atom is -0.444 e. The number of hydrogen-bond donors (Lipinski definition) is 7. The van der Waals surface area contributed by atoms with E-state index >= 15 is 0 Å². The molecule has 21 nitrogen and oxygen atoms in total. The lowest BCUT2D eigenvalue weighted by molar-refractivity contribution is -0.178. The summed E-state index contributed by atoms with van der Waals surface area (Å²) in [6.07, 6.45) is 1.25. The first-order valence-electron chi connectivity index (χ1n) is 24.3. The Hall–Kier alpha value is -4.47. The molecule has 2 atom stereocenters. The van der Waals surface area contributed by atoms with Crippen LogP contribution in [0.1, 0.15) is 139 Å². The zero-order chi connectivity index (χ0) is 51.2. The van der Waals surface area contributed by atoms with Gasteiger partial charge in [0.25, 0.3) is 0 Å². The van der Waals surface area contributed by atoms with Crippen molar-refractivity contribution in [2.75, 3.05) is 79.3 Å². The molecule has 0 aromatic rings. The smallest absolute Gasteiger partial charge is 0.407 e. The second kappa shape index (κ2) is 33.1. The first-order valence-corrected chi connectivity index (χ1v) is 24.3. The van der Waals surface area contributed by atoms with Gasteiger partial charge >= 0.3 is 18.3 Å². The molecule has 7 N–H and O–H groups in total. The largest absolute Gasteiger partial charge is 0.444 e. The van der Waals surface area contributed by atoms with Crippen molar-refractivity contribution in [2.24, 2.45) is 5.92 Å². The van der Waals surface area contributed by atoms with Crippen molar-refractivity contribution in [2.45, 2.75) is 174 Å². The lowest BCUT2D eigenvalue weighted by Crippen LogP contribution is -2.52. The van der Waals surface area contributed by atoms with Gasteiger partial charge in [-0.25, -0.2) is 14.4 Å². The van der Waals surface area contributed by atoms with Crippen LogP contribution in [0.2, 0.25) is 0 Å². The van der Waals surface area contributed by atoms with Crippen LogP contribution in [0.3, 0.4) is 0 Å². The number of rotatable bonds is 31. The van der Waals surface area contributed by atoms with Crippen LogP contribution < -0.4 is 31.9 Å². The minimum atomic E-state index is -0.766. The van der Waals surface area contributed by atoms with E-state index in [9.17, 15) is 33.6 Å². The highest BCUT2D eigenvalue weighted by Crippen LogP contribution is 2.33. The average Bonchev–Trinajstić information content (AvgIpc) is 3.21.